The van der Waals surface area contributed by atoms with E-state index in [0.29, 0.717) is 5.02 Å². The molecular formula is C22H20ClN3O. The van der Waals surface area contributed by atoms with Crippen molar-refractivity contribution in [3.05, 3.63) is 65.7 Å². The monoisotopic (exact) mass is 377 g/mol. The maximum atomic E-state index is 6.19. The van der Waals surface area contributed by atoms with E-state index in [1.807, 2.05) is 50.5 Å². The molecule has 0 amide bonds. The summed E-state index contributed by atoms with van der Waals surface area (Å²) < 4.78 is 5.42. The van der Waals surface area contributed by atoms with Crippen molar-refractivity contribution in [1.82, 2.24) is 4.98 Å². The number of nitrogens with one attached hydrogen (secondary N) is 1. The fourth-order valence-corrected chi connectivity index (χ4v) is 3.31. The maximum absolute atomic E-state index is 6.19. The number of hydrogen-bond acceptors (Lipinski definition) is 4. The van der Waals surface area contributed by atoms with Crippen molar-refractivity contribution in [2.24, 2.45) is 0 Å². The Kier molecular flexibility index (Phi) is 4.50. The molecule has 5 heteroatoms. The Bertz CT molecular complexity index is 1120. The van der Waals surface area contributed by atoms with Gasteiger partial charge in [-0.25, -0.2) is 4.98 Å². The van der Waals surface area contributed by atoms with Gasteiger partial charge in [-0.15, -0.1) is 0 Å². The molecule has 0 saturated carbocycles. The van der Waals surface area contributed by atoms with Crippen molar-refractivity contribution in [1.29, 1.82) is 0 Å². The van der Waals surface area contributed by atoms with Crippen molar-refractivity contribution in [2.45, 2.75) is 0 Å². The van der Waals surface area contributed by atoms with Crippen molar-refractivity contribution in [3.63, 3.8) is 0 Å². The van der Waals surface area contributed by atoms with E-state index in [4.69, 9.17) is 21.3 Å². The van der Waals surface area contributed by atoms with Crippen LogP contribution in [0.4, 0.5) is 17.1 Å². The van der Waals surface area contributed by atoms with E-state index in [9.17, 15) is 0 Å². The molecule has 4 rings (SSSR count). The average Bonchev–Trinajstić information content (AvgIpc) is 2.67. The van der Waals surface area contributed by atoms with E-state index in [-0.39, 0.29) is 0 Å². The van der Waals surface area contributed by atoms with Crippen LogP contribution in [0.1, 0.15) is 0 Å². The first kappa shape index (κ1) is 17.4. The van der Waals surface area contributed by atoms with E-state index in [2.05, 4.69) is 34.5 Å². The fourth-order valence-electron chi connectivity index (χ4n) is 3.15. The standard InChI is InChI=1S/C22H20ClN3O/c1-26(2)16-7-5-15(6-8-16)24-22-18-10-4-14(23)12-21(18)25-20-11-9-17(27-3)13-19(20)22/h4-13H,1-3H3,(H,24,25). The van der Waals surface area contributed by atoms with Gasteiger partial charge in [0.05, 0.1) is 23.8 Å². The third-order valence-electron chi connectivity index (χ3n) is 4.60. The first-order valence-electron chi connectivity index (χ1n) is 8.66. The Morgan fingerprint density at radius 3 is 2.37 bits per heavy atom. The topological polar surface area (TPSA) is 37.4 Å². The normalized spacial score (nSPS) is 11.0. The van der Waals surface area contributed by atoms with Crippen LogP contribution in [-0.2, 0) is 0 Å². The second kappa shape index (κ2) is 6.97. The van der Waals surface area contributed by atoms with Crippen molar-refractivity contribution in [2.75, 3.05) is 31.4 Å². The molecule has 136 valence electrons. The number of halogens is 1. The number of ether oxygens (including phenoxy) is 1. The van der Waals surface area contributed by atoms with Gasteiger partial charge in [0.2, 0.25) is 0 Å². The van der Waals surface area contributed by atoms with Crippen LogP contribution in [0.15, 0.2) is 60.7 Å². The number of aromatic nitrogens is 1. The lowest BCUT2D eigenvalue weighted by molar-refractivity contribution is 0.415. The molecule has 0 aliphatic rings. The molecule has 0 atom stereocenters. The molecule has 3 aromatic carbocycles. The van der Waals surface area contributed by atoms with Crippen molar-refractivity contribution in [3.8, 4) is 5.75 Å². The molecule has 1 aromatic heterocycles. The summed E-state index contributed by atoms with van der Waals surface area (Å²) in [5, 5.41) is 6.25. The minimum atomic E-state index is 0.671. The smallest absolute Gasteiger partial charge is 0.119 e. The van der Waals surface area contributed by atoms with E-state index >= 15 is 0 Å². The predicted molar refractivity (Wildman–Crippen MR) is 115 cm³/mol. The minimum Gasteiger partial charge on any atom is -0.497 e. The predicted octanol–water partition coefficient (Wildman–Crippen LogP) is 5.86. The molecule has 0 aliphatic heterocycles. The molecule has 1 N–H and O–H groups in total. The average molecular weight is 378 g/mol. The van der Waals surface area contributed by atoms with Gasteiger partial charge in [-0.3, -0.25) is 0 Å². The zero-order valence-corrected chi connectivity index (χ0v) is 16.2. The first-order chi connectivity index (χ1) is 13.0. The second-order valence-electron chi connectivity index (χ2n) is 6.60. The first-order valence-corrected chi connectivity index (χ1v) is 9.04. The van der Waals surface area contributed by atoms with Gasteiger partial charge in [-0.1, -0.05) is 11.6 Å². The summed E-state index contributed by atoms with van der Waals surface area (Å²) in [6, 6.07) is 20.0. The van der Waals surface area contributed by atoms with Gasteiger partial charge in [-0.2, -0.15) is 0 Å². The number of fused-ring (bicyclic) bond motifs is 2. The quantitative estimate of drug-likeness (QED) is 0.452. The molecule has 0 aliphatic carbocycles. The van der Waals surface area contributed by atoms with Gasteiger partial charge in [0.1, 0.15) is 5.75 Å². The largest absolute Gasteiger partial charge is 0.497 e. The number of methoxy groups -OCH3 is 1. The molecule has 4 nitrogen and oxygen atoms in total. The summed E-state index contributed by atoms with van der Waals surface area (Å²) >= 11 is 6.19. The van der Waals surface area contributed by atoms with Crippen LogP contribution in [0, 0.1) is 0 Å². The molecule has 0 unspecified atom stereocenters. The van der Waals surface area contributed by atoms with Gasteiger partial charge in [-0.05, 0) is 60.7 Å². The molecule has 27 heavy (non-hydrogen) atoms. The highest BCUT2D eigenvalue weighted by atomic mass is 35.5. The highest BCUT2D eigenvalue weighted by molar-refractivity contribution is 6.31. The molecular weight excluding hydrogens is 358 g/mol. The van der Waals surface area contributed by atoms with E-state index in [1.165, 1.54) is 0 Å². The van der Waals surface area contributed by atoms with E-state index in [1.54, 1.807) is 7.11 Å². The van der Waals surface area contributed by atoms with Gasteiger partial charge in [0.15, 0.2) is 0 Å². The number of anilines is 3. The lowest BCUT2D eigenvalue weighted by atomic mass is 10.1. The van der Waals surface area contributed by atoms with Crippen LogP contribution < -0.4 is 15.0 Å². The van der Waals surface area contributed by atoms with Gasteiger partial charge in [0.25, 0.3) is 0 Å². The summed E-state index contributed by atoms with van der Waals surface area (Å²) in [7, 11) is 5.73. The molecule has 0 saturated heterocycles. The van der Waals surface area contributed by atoms with Crippen LogP contribution in [0.25, 0.3) is 21.8 Å². The number of hydrogen-bond donors (Lipinski definition) is 1. The molecule has 1 heterocycles. The lowest BCUT2D eigenvalue weighted by Gasteiger charge is -2.16. The highest BCUT2D eigenvalue weighted by Crippen LogP contribution is 2.36. The Morgan fingerprint density at radius 1 is 0.889 bits per heavy atom. The number of nitrogens with zero attached hydrogens (tertiary/aromatic N) is 2. The molecule has 0 bridgehead atoms. The zero-order valence-electron chi connectivity index (χ0n) is 15.5. The third kappa shape index (κ3) is 3.36. The van der Waals surface area contributed by atoms with Crippen LogP contribution in [0.5, 0.6) is 5.75 Å². The van der Waals surface area contributed by atoms with Gasteiger partial charge >= 0.3 is 0 Å². The van der Waals surface area contributed by atoms with Gasteiger partial charge < -0.3 is 15.0 Å². The minimum absolute atomic E-state index is 0.671. The number of pyridine rings is 1. The Labute approximate surface area is 163 Å². The SMILES string of the molecule is COc1ccc2nc3cc(Cl)ccc3c(Nc3ccc(N(C)C)cc3)c2c1. The Morgan fingerprint density at radius 2 is 1.67 bits per heavy atom. The van der Waals surface area contributed by atoms with Crippen LogP contribution >= 0.6 is 11.6 Å². The summed E-state index contributed by atoms with van der Waals surface area (Å²) in [5.74, 6) is 0.795. The lowest BCUT2D eigenvalue weighted by Crippen LogP contribution is -2.08. The summed E-state index contributed by atoms with van der Waals surface area (Å²) in [6.07, 6.45) is 0. The van der Waals surface area contributed by atoms with E-state index < -0.39 is 0 Å². The summed E-state index contributed by atoms with van der Waals surface area (Å²) in [6.45, 7) is 0. The fraction of sp³-hybridized carbons (Fsp3) is 0.136. The van der Waals surface area contributed by atoms with E-state index in [0.717, 1.165) is 44.6 Å². The number of rotatable bonds is 4. The third-order valence-corrected chi connectivity index (χ3v) is 4.83. The highest BCUT2D eigenvalue weighted by Gasteiger charge is 2.11. The van der Waals surface area contributed by atoms with Crippen LogP contribution in [0.3, 0.4) is 0 Å². The summed E-state index contributed by atoms with van der Waals surface area (Å²) in [5.41, 5.74) is 4.89. The number of benzene rings is 3. The van der Waals surface area contributed by atoms with Crippen molar-refractivity contribution >= 4 is 50.5 Å². The van der Waals surface area contributed by atoms with Gasteiger partial charge in [0, 0.05) is 41.3 Å². The molecule has 4 aromatic rings. The second-order valence-corrected chi connectivity index (χ2v) is 7.03. The zero-order chi connectivity index (χ0) is 19.0. The Hall–Kier alpha value is -2.98. The molecule has 0 fully saturated rings. The molecule has 0 radical (unpaired) electrons. The molecule has 0 spiro atoms. The van der Waals surface area contributed by atoms with Crippen LogP contribution in [-0.4, -0.2) is 26.2 Å². The van der Waals surface area contributed by atoms with Crippen LogP contribution in [0.2, 0.25) is 5.02 Å². The maximum Gasteiger partial charge on any atom is 0.119 e. The Balaban J connectivity index is 1.91. The summed E-state index contributed by atoms with van der Waals surface area (Å²) in [4.78, 5) is 6.84. The van der Waals surface area contributed by atoms with Crippen molar-refractivity contribution < 1.29 is 4.74 Å².